The Balaban J connectivity index is 2.35. The Morgan fingerprint density at radius 2 is 2.27 bits per heavy atom. The Morgan fingerprint density at radius 3 is 2.73 bits per heavy atom. The molecule has 1 aliphatic heterocycles. The van der Waals surface area contributed by atoms with E-state index in [4.69, 9.17) is 5.73 Å². The van der Waals surface area contributed by atoms with Gasteiger partial charge in [0.2, 0.25) is 0 Å². The van der Waals surface area contributed by atoms with Crippen molar-refractivity contribution in [1.29, 1.82) is 0 Å². The zero-order chi connectivity index (χ0) is 11.3. The largest absolute Gasteiger partial charge is 0.330 e. The predicted octanol–water partition coefficient (Wildman–Crippen LogP) is 1.14. The maximum Gasteiger partial charge on any atom is 0.0220 e. The van der Waals surface area contributed by atoms with Crippen LogP contribution in [0.25, 0.3) is 0 Å². The van der Waals surface area contributed by atoms with Gasteiger partial charge in [0.05, 0.1) is 0 Å². The second-order valence-corrected chi connectivity index (χ2v) is 4.86. The van der Waals surface area contributed by atoms with Crippen molar-refractivity contribution in [2.24, 2.45) is 5.73 Å². The van der Waals surface area contributed by atoms with E-state index in [9.17, 15) is 0 Å². The first-order valence-electron chi connectivity index (χ1n) is 6.29. The highest BCUT2D eigenvalue weighted by Crippen LogP contribution is 2.17. The molecule has 0 aromatic carbocycles. The van der Waals surface area contributed by atoms with Crippen LogP contribution in [-0.4, -0.2) is 55.6 Å². The number of nitrogens with zero attached hydrogens (tertiary/aromatic N) is 2. The van der Waals surface area contributed by atoms with Crippen molar-refractivity contribution in [2.45, 2.75) is 44.7 Å². The van der Waals surface area contributed by atoms with Crippen LogP contribution in [0, 0.1) is 0 Å². The third-order valence-electron chi connectivity index (χ3n) is 3.76. The standard InChI is InChI=1S/C12H27N3/c1-4-11(7-8-13)15(3)10-12-6-5-9-14(12)2/h11-12H,4-10,13H2,1-3H3. The topological polar surface area (TPSA) is 32.5 Å². The number of likely N-dealkylation sites (tertiary alicyclic amines) is 1. The second kappa shape index (κ2) is 6.46. The van der Waals surface area contributed by atoms with Crippen LogP contribution in [0.2, 0.25) is 0 Å². The SMILES string of the molecule is CCC(CCN)N(C)CC1CCCN1C. The van der Waals surface area contributed by atoms with Crippen molar-refractivity contribution in [1.82, 2.24) is 9.80 Å². The first kappa shape index (κ1) is 12.9. The molecule has 0 radical (unpaired) electrons. The Morgan fingerprint density at radius 1 is 1.53 bits per heavy atom. The van der Waals surface area contributed by atoms with Crippen molar-refractivity contribution in [3.8, 4) is 0 Å². The molecule has 0 saturated carbocycles. The Kier molecular flexibility index (Phi) is 5.58. The molecule has 2 unspecified atom stereocenters. The zero-order valence-electron chi connectivity index (χ0n) is 10.6. The van der Waals surface area contributed by atoms with Gasteiger partial charge < -0.3 is 15.5 Å². The van der Waals surface area contributed by atoms with E-state index in [1.54, 1.807) is 0 Å². The third-order valence-corrected chi connectivity index (χ3v) is 3.76. The highest BCUT2D eigenvalue weighted by Gasteiger charge is 2.24. The number of likely N-dealkylation sites (N-methyl/N-ethyl adjacent to an activating group) is 2. The average Bonchev–Trinajstić information content (AvgIpc) is 2.60. The summed E-state index contributed by atoms with van der Waals surface area (Å²) in [6, 6.07) is 1.44. The quantitative estimate of drug-likeness (QED) is 0.718. The minimum Gasteiger partial charge on any atom is -0.330 e. The van der Waals surface area contributed by atoms with E-state index < -0.39 is 0 Å². The maximum atomic E-state index is 5.64. The van der Waals surface area contributed by atoms with Crippen LogP contribution in [0.15, 0.2) is 0 Å². The molecule has 3 nitrogen and oxygen atoms in total. The maximum absolute atomic E-state index is 5.64. The summed E-state index contributed by atoms with van der Waals surface area (Å²) in [6.07, 6.45) is 5.07. The summed E-state index contributed by atoms with van der Waals surface area (Å²) >= 11 is 0. The average molecular weight is 213 g/mol. The zero-order valence-corrected chi connectivity index (χ0v) is 10.6. The molecule has 15 heavy (non-hydrogen) atoms. The fourth-order valence-corrected chi connectivity index (χ4v) is 2.62. The Hall–Kier alpha value is -0.120. The van der Waals surface area contributed by atoms with E-state index in [0.717, 1.165) is 19.0 Å². The summed E-state index contributed by atoms with van der Waals surface area (Å²) in [5.41, 5.74) is 5.64. The van der Waals surface area contributed by atoms with E-state index in [1.165, 1.54) is 32.4 Å². The van der Waals surface area contributed by atoms with E-state index in [2.05, 4.69) is 30.8 Å². The van der Waals surface area contributed by atoms with Crippen LogP contribution < -0.4 is 5.73 Å². The van der Waals surface area contributed by atoms with E-state index in [1.807, 2.05) is 0 Å². The van der Waals surface area contributed by atoms with Crippen LogP contribution in [0.4, 0.5) is 0 Å². The minimum atomic E-state index is 0.670. The van der Waals surface area contributed by atoms with Gasteiger partial charge in [-0.25, -0.2) is 0 Å². The van der Waals surface area contributed by atoms with Crippen LogP contribution in [-0.2, 0) is 0 Å². The molecular formula is C12H27N3. The molecule has 2 atom stereocenters. The fraction of sp³-hybridized carbons (Fsp3) is 1.00. The van der Waals surface area contributed by atoms with Gasteiger partial charge >= 0.3 is 0 Å². The molecule has 0 amide bonds. The summed E-state index contributed by atoms with van der Waals surface area (Å²) in [4.78, 5) is 4.99. The van der Waals surface area contributed by atoms with E-state index in [0.29, 0.717) is 6.04 Å². The van der Waals surface area contributed by atoms with E-state index in [-0.39, 0.29) is 0 Å². The summed E-state index contributed by atoms with van der Waals surface area (Å²) in [5, 5.41) is 0. The highest BCUT2D eigenvalue weighted by molar-refractivity contribution is 4.81. The highest BCUT2D eigenvalue weighted by atomic mass is 15.2. The van der Waals surface area contributed by atoms with Crippen molar-refractivity contribution in [3.05, 3.63) is 0 Å². The molecule has 1 fully saturated rings. The first-order chi connectivity index (χ1) is 7.19. The summed E-state index contributed by atoms with van der Waals surface area (Å²) in [6.45, 7) is 5.54. The van der Waals surface area contributed by atoms with Crippen LogP contribution >= 0.6 is 0 Å². The number of rotatable bonds is 6. The van der Waals surface area contributed by atoms with Gasteiger partial charge in [0, 0.05) is 18.6 Å². The molecule has 2 N–H and O–H groups in total. The molecule has 1 saturated heterocycles. The molecular weight excluding hydrogens is 186 g/mol. The molecule has 1 rings (SSSR count). The van der Waals surface area contributed by atoms with Crippen LogP contribution in [0.5, 0.6) is 0 Å². The molecule has 90 valence electrons. The summed E-state index contributed by atoms with van der Waals surface area (Å²) < 4.78 is 0. The second-order valence-electron chi connectivity index (χ2n) is 4.86. The molecule has 0 spiro atoms. The first-order valence-corrected chi connectivity index (χ1v) is 6.29. The lowest BCUT2D eigenvalue weighted by Crippen LogP contribution is -2.42. The number of nitrogens with two attached hydrogens (primary N) is 1. The molecule has 3 heteroatoms. The van der Waals surface area contributed by atoms with Crippen molar-refractivity contribution < 1.29 is 0 Å². The van der Waals surface area contributed by atoms with Gasteiger partial charge in [-0.2, -0.15) is 0 Å². The van der Waals surface area contributed by atoms with Gasteiger partial charge in [0.25, 0.3) is 0 Å². The smallest absolute Gasteiger partial charge is 0.0220 e. The van der Waals surface area contributed by atoms with Crippen LogP contribution in [0.1, 0.15) is 32.6 Å². The van der Waals surface area contributed by atoms with Gasteiger partial charge in [-0.05, 0) is 52.9 Å². The van der Waals surface area contributed by atoms with Crippen LogP contribution in [0.3, 0.4) is 0 Å². The number of hydrogen-bond acceptors (Lipinski definition) is 3. The van der Waals surface area contributed by atoms with E-state index >= 15 is 0 Å². The lowest BCUT2D eigenvalue weighted by atomic mass is 10.1. The molecule has 1 heterocycles. The van der Waals surface area contributed by atoms with Gasteiger partial charge in [-0.1, -0.05) is 6.92 Å². The Labute approximate surface area is 94.6 Å². The van der Waals surface area contributed by atoms with Gasteiger partial charge in [-0.15, -0.1) is 0 Å². The van der Waals surface area contributed by atoms with Crippen molar-refractivity contribution >= 4 is 0 Å². The van der Waals surface area contributed by atoms with Gasteiger partial charge in [0.1, 0.15) is 0 Å². The molecule has 0 aromatic rings. The number of hydrogen-bond donors (Lipinski definition) is 1. The molecule has 0 bridgehead atoms. The molecule has 1 aliphatic rings. The fourth-order valence-electron chi connectivity index (χ4n) is 2.62. The predicted molar refractivity (Wildman–Crippen MR) is 66.0 cm³/mol. The Bertz CT molecular complexity index is 172. The lowest BCUT2D eigenvalue weighted by Gasteiger charge is -2.31. The van der Waals surface area contributed by atoms with Crippen molar-refractivity contribution in [3.63, 3.8) is 0 Å². The summed E-state index contributed by atoms with van der Waals surface area (Å²) in [7, 11) is 4.49. The lowest BCUT2D eigenvalue weighted by molar-refractivity contribution is 0.168. The summed E-state index contributed by atoms with van der Waals surface area (Å²) in [5.74, 6) is 0. The molecule has 0 aromatic heterocycles. The third kappa shape index (κ3) is 3.74. The minimum absolute atomic E-state index is 0.670. The van der Waals surface area contributed by atoms with Gasteiger partial charge in [-0.3, -0.25) is 0 Å². The molecule has 0 aliphatic carbocycles. The monoisotopic (exact) mass is 213 g/mol. The van der Waals surface area contributed by atoms with Gasteiger partial charge in [0.15, 0.2) is 0 Å². The van der Waals surface area contributed by atoms with Crippen molar-refractivity contribution in [2.75, 3.05) is 33.7 Å². The normalized spacial score (nSPS) is 25.0.